The predicted molar refractivity (Wildman–Crippen MR) is 86.9 cm³/mol. The third-order valence-electron chi connectivity index (χ3n) is 5.07. The second-order valence-electron chi connectivity index (χ2n) is 7.00. The molecule has 0 amide bonds. The van der Waals surface area contributed by atoms with Crippen LogP contribution >= 0.6 is 0 Å². The Morgan fingerprint density at radius 3 is 2.68 bits per heavy atom. The maximum absolute atomic E-state index is 13.4. The van der Waals surface area contributed by atoms with E-state index >= 15 is 0 Å². The smallest absolute Gasteiger partial charge is 0.243 e. The lowest BCUT2D eigenvalue weighted by atomic mass is 9.73. The van der Waals surface area contributed by atoms with Crippen molar-refractivity contribution in [2.45, 2.75) is 17.7 Å². The van der Waals surface area contributed by atoms with E-state index in [2.05, 4.69) is 15.1 Å². The normalized spacial score (nSPS) is 23.9. The van der Waals surface area contributed by atoms with E-state index in [0.717, 1.165) is 19.2 Å². The van der Waals surface area contributed by atoms with Gasteiger partial charge in [0.05, 0.1) is 10.8 Å². The Labute approximate surface area is 145 Å². The summed E-state index contributed by atoms with van der Waals surface area (Å²) >= 11 is 0. The molecule has 9 heteroatoms. The molecule has 7 nitrogen and oxygen atoms in total. The van der Waals surface area contributed by atoms with Crippen molar-refractivity contribution < 1.29 is 17.2 Å². The van der Waals surface area contributed by atoms with Gasteiger partial charge in [0.15, 0.2) is 0 Å². The van der Waals surface area contributed by atoms with E-state index in [9.17, 15) is 12.8 Å². The molecule has 25 heavy (non-hydrogen) atoms. The molecule has 0 N–H and O–H groups in total. The van der Waals surface area contributed by atoms with Crippen LogP contribution in [0.3, 0.4) is 0 Å². The lowest BCUT2D eigenvalue weighted by molar-refractivity contribution is 0.0581. The molecule has 134 valence electrons. The summed E-state index contributed by atoms with van der Waals surface area (Å²) in [5, 5.41) is 8.03. The van der Waals surface area contributed by atoms with Crippen molar-refractivity contribution in [1.29, 1.82) is 0 Å². The van der Waals surface area contributed by atoms with Crippen LogP contribution in [0.15, 0.2) is 33.6 Å². The van der Waals surface area contributed by atoms with Crippen LogP contribution in [0.5, 0.6) is 0 Å². The molecule has 1 aromatic carbocycles. The zero-order chi connectivity index (χ0) is 17.8. The molecule has 2 aliphatic rings. The summed E-state index contributed by atoms with van der Waals surface area (Å²) in [5.74, 6) is 0.502. The Morgan fingerprint density at radius 1 is 1.28 bits per heavy atom. The highest BCUT2D eigenvalue weighted by Gasteiger charge is 2.58. The third-order valence-corrected chi connectivity index (χ3v) is 6.86. The van der Waals surface area contributed by atoms with Gasteiger partial charge in [-0.1, -0.05) is 6.07 Å². The molecule has 0 bridgehead atoms. The van der Waals surface area contributed by atoms with E-state index in [4.69, 9.17) is 4.42 Å². The number of rotatable bonds is 3. The number of aromatic nitrogens is 2. The van der Waals surface area contributed by atoms with Gasteiger partial charge in [-0.2, -0.15) is 4.31 Å². The second kappa shape index (κ2) is 5.58. The van der Waals surface area contributed by atoms with E-state index in [0.29, 0.717) is 24.9 Å². The van der Waals surface area contributed by atoms with Gasteiger partial charge in [0.2, 0.25) is 21.8 Å². The minimum absolute atomic E-state index is 0.00217. The van der Waals surface area contributed by atoms with E-state index in [-0.39, 0.29) is 16.2 Å². The Hall–Kier alpha value is -1.84. The minimum Gasteiger partial charge on any atom is -0.425 e. The molecule has 1 unspecified atom stereocenters. The van der Waals surface area contributed by atoms with Crippen molar-refractivity contribution in [2.24, 2.45) is 5.41 Å². The van der Waals surface area contributed by atoms with Crippen LogP contribution in [-0.4, -0.2) is 61.0 Å². The maximum Gasteiger partial charge on any atom is 0.243 e. The van der Waals surface area contributed by atoms with Crippen molar-refractivity contribution in [3.63, 3.8) is 0 Å². The number of aryl methyl sites for hydroxylation is 1. The highest BCUT2D eigenvalue weighted by Crippen LogP contribution is 2.49. The van der Waals surface area contributed by atoms with Crippen LogP contribution < -0.4 is 0 Å². The topological polar surface area (TPSA) is 79.5 Å². The standard InChI is InChI=1S/C16H19FN4O3S/c1-11-18-19-15(24-11)14-7-20(2)8-16(14)9-21(10-16)25(22,23)13-5-3-4-12(17)6-13/h3-6,14H,7-10H2,1-2H3. The lowest BCUT2D eigenvalue weighted by Gasteiger charge is -2.49. The molecule has 0 aliphatic carbocycles. The molecule has 2 fully saturated rings. The number of sulfonamides is 1. The molecule has 0 saturated carbocycles. The van der Waals surface area contributed by atoms with Crippen LogP contribution in [0.1, 0.15) is 17.7 Å². The highest BCUT2D eigenvalue weighted by molar-refractivity contribution is 7.89. The molecule has 1 spiro atoms. The van der Waals surface area contributed by atoms with Gasteiger partial charge in [0.1, 0.15) is 5.82 Å². The zero-order valence-corrected chi connectivity index (χ0v) is 14.8. The first kappa shape index (κ1) is 16.6. The molecule has 1 aromatic heterocycles. The fourth-order valence-electron chi connectivity index (χ4n) is 3.93. The molecule has 3 heterocycles. The average Bonchev–Trinajstić information content (AvgIpc) is 3.09. The van der Waals surface area contributed by atoms with Gasteiger partial charge in [0.25, 0.3) is 0 Å². The van der Waals surface area contributed by atoms with Gasteiger partial charge in [-0.25, -0.2) is 12.8 Å². The first-order valence-corrected chi connectivity index (χ1v) is 9.48. The first-order chi connectivity index (χ1) is 11.8. The number of likely N-dealkylation sites (tertiary alicyclic amines) is 1. The summed E-state index contributed by atoms with van der Waals surface area (Å²) in [6.45, 7) is 3.97. The van der Waals surface area contributed by atoms with E-state index in [1.54, 1.807) is 6.92 Å². The summed E-state index contributed by atoms with van der Waals surface area (Å²) in [4.78, 5) is 2.13. The van der Waals surface area contributed by atoms with Crippen LogP contribution in [0, 0.1) is 18.2 Å². The summed E-state index contributed by atoms with van der Waals surface area (Å²) in [7, 11) is -1.70. The van der Waals surface area contributed by atoms with Crippen LogP contribution in [0.25, 0.3) is 0 Å². The van der Waals surface area contributed by atoms with Gasteiger partial charge < -0.3 is 9.32 Å². The summed E-state index contributed by atoms with van der Waals surface area (Å²) in [5.41, 5.74) is -0.242. The van der Waals surface area contributed by atoms with Crippen molar-refractivity contribution >= 4 is 10.0 Å². The van der Waals surface area contributed by atoms with Gasteiger partial charge in [0, 0.05) is 38.5 Å². The van der Waals surface area contributed by atoms with Gasteiger partial charge >= 0.3 is 0 Å². The van der Waals surface area contributed by atoms with Crippen LogP contribution in [-0.2, 0) is 10.0 Å². The minimum atomic E-state index is -3.70. The highest BCUT2D eigenvalue weighted by atomic mass is 32.2. The Bertz CT molecular complexity index is 908. The molecule has 0 radical (unpaired) electrons. The molecule has 2 aliphatic heterocycles. The molecular formula is C16H19FN4O3S. The number of likely N-dealkylation sites (N-methyl/N-ethyl adjacent to an activating group) is 1. The van der Waals surface area contributed by atoms with Crippen molar-refractivity contribution in [1.82, 2.24) is 19.4 Å². The lowest BCUT2D eigenvalue weighted by Crippen LogP contribution is -2.61. The fraction of sp³-hybridized carbons (Fsp3) is 0.500. The Kier molecular flexibility index (Phi) is 3.71. The Balaban J connectivity index is 1.59. The van der Waals surface area contributed by atoms with Gasteiger partial charge in [-0.3, -0.25) is 0 Å². The Morgan fingerprint density at radius 2 is 2.04 bits per heavy atom. The fourth-order valence-corrected chi connectivity index (χ4v) is 5.60. The SMILES string of the molecule is Cc1nnc(C2CN(C)CC23CN(S(=O)(=O)c2cccc(F)c2)C3)o1. The molecule has 2 aromatic rings. The zero-order valence-electron chi connectivity index (χ0n) is 14.0. The van der Waals surface area contributed by atoms with E-state index < -0.39 is 15.8 Å². The quantitative estimate of drug-likeness (QED) is 0.813. The summed E-state index contributed by atoms with van der Waals surface area (Å²) in [6.07, 6.45) is 0. The summed E-state index contributed by atoms with van der Waals surface area (Å²) in [6, 6.07) is 5.12. The number of hydrogen-bond acceptors (Lipinski definition) is 6. The average molecular weight is 366 g/mol. The van der Waals surface area contributed by atoms with Crippen molar-refractivity contribution in [3.05, 3.63) is 41.9 Å². The monoisotopic (exact) mass is 366 g/mol. The van der Waals surface area contributed by atoms with Gasteiger partial charge in [-0.05, 0) is 25.2 Å². The molecule has 1 atom stereocenters. The van der Waals surface area contributed by atoms with E-state index in [1.165, 1.54) is 22.5 Å². The maximum atomic E-state index is 13.4. The second-order valence-corrected chi connectivity index (χ2v) is 8.94. The van der Waals surface area contributed by atoms with Gasteiger partial charge in [-0.15, -0.1) is 10.2 Å². The number of hydrogen-bond donors (Lipinski definition) is 0. The predicted octanol–water partition coefficient (Wildman–Crippen LogP) is 1.24. The van der Waals surface area contributed by atoms with Crippen molar-refractivity contribution in [3.8, 4) is 0 Å². The third kappa shape index (κ3) is 2.66. The van der Waals surface area contributed by atoms with E-state index in [1.807, 2.05) is 7.05 Å². The summed E-state index contributed by atoms with van der Waals surface area (Å²) < 4.78 is 45.9. The molecule has 4 rings (SSSR count). The molecule has 2 saturated heterocycles. The number of halogens is 1. The first-order valence-electron chi connectivity index (χ1n) is 8.04. The van der Waals surface area contributed by atoms with Crippen LogP contribution in [0.4, 0.5) is 4.39 Å². The van der Waals surface area contributed by atoms with Crippen molar-refractivity contribution in [2.75, 3.05) is 33.2 Å². The van der Waals surface area contributed by atoms with Crippen LogP contribution in [0.2, 0.25) is 0 Å². The largest absolute Gasteiger partial charge is 0.425 e. The number of benzene rings is 1. The number of nitrogens with zero attached hydrogens (tertiary/aromatic N) is 4. The molecular weight excluding hydrogens is 347 g/mol.